The SMILES string of the molecule is CC12CC3CC(C)(C1)CC(C(=O)O)(C3)C2.CCC12CC3CC(C1)CC(C(=O)O)(C3)C2. The topological polar surface area (TPSA) is 74.6 Å². The van der Waals surface area contributed by atoms with Gasteiger partial charge in [0, 0.05) is 0 Å². The van der Waals surface area contributed by atoms with Crippen molar-refractivity contribution in [3.05, 3.63) is 0 Å². The second-order valence-corrected chi connectivity index (χ2v) is 13.6. The minimum atomic E-state index is -0.524. The molecule has 2 N–H and O–H groups in total. The van der Waals surface area contributed by atoms with Crippen LogP contribution in [0.3, 0.4) is 0 Å². The van der Waals surface area contributed by atoms with E-state index in [9.17, 15) is 19.8 Å². The summed E-state index contributed by atoms with van der Waals surface area (Å²) >= 11 is 0. The van der Waals surface area contributed by atoms with Gasteiger partial charge in [-0.15, -0.1) is 0 Å². The van der Waals surface area contributed by atoms with Gasteiger partial charge in [0.1, 0.15) is 0 Å². The summed E-state index contributed by atoms with van der Waals surface area (Å²) < 4.78 is 0. The zero-order valence-corrected chi connectivity index (χ0v) is 19.1. The van der Waals surface area contributed by atoms with Crippen LogP contribution in [0.25, 0.3) is 0 Å². The highest BCUT2D eigenvalue weighted by Gasteiger charge is 2.63. The van der Waals surface area contributed by atoms with Crippen LogP contribution in [0.1, 0.15) is 104 Å². The molecule has 4 unspecified atom stereocenters. The van der Waals surface area contributed by atoms with E-state index in [0.717, 1.165) is 50.4 Å². The van der Waals surface area contributed by atoms with Crippen molar-refractivity contribution < 1.29 is 19.8 Å². The lowest BCUT2D eigenvalue weighted by Gasteiger charge is -2.63. The Morgan fingerprint density at radius 3 is 1.63 bits per heavy atom. The van der Waals surface area contributed by atoms with Gasteiger partial charge in [0.05, 0.1) is 10.8 Å². The van der Waals surface area contributed by atoms with E-state index in [1.54, 1.807) is 0 Å². The minimum Gasteiger partial charge on any atom is -0.481 e. The summed E-state index contributed by atoms with van der Waals surface area (Å²) in [7, 11) is 0. The van der Waals surface area contributed by atoms with Gasteiger partial charge >= 0.3 is 11.9 Å². The fourth-order valence-electron chi connectivity index (χ4n) is 10.8. The molecule has 4 heteroatoms. The van der Waals surface area contributed by atoms with Crippen molar-refractivity contribution in [1.29, 1.82) is 0 Å². The molecule has 4 nitrogen and oxygen atoms in total. The highest BCUT2D eigenvalue weighted by atomic mass is 16.4. The lowest BCUT2D eigenvalue weighted by atomic mass is 9.40. The van der Waals surface area contributed by atoms with Crippen molar-refractivity contribution in [2.24, 2.45) is 44.8 Å². The molecule has 0 aromatic carbocycles. The second-order valence-electron chi connectivity index (χ2n) is 13.6. The van der Waals surface area contributed by atoms with Gasteiger partial charge in [0.25, 0.3) is 0 Å². The molecular weight excluding hydrogens is 376 g/mol. The van der Waals surface area contributed by atoms with Crippen molar-refractivity contribution in [2.75, 3.05) is 0 Å². The van der Waals surface area contributed by atoms with Crippen LogP contribution in [0, 0.1) is 44.8 Å². The highest BCUT2D eigenvalue weighted by Crippen LogP contribution is 2.69. The van der Waals surface area contributed by atoms with Crippen LogP contribution in [-0.4, -0.2) is 22.2 Å². The van der Waals surface area contributed by atoms with Crippen LogP contribution in [0.5, 0.6) is 0 Å². The maximum Gasteiger partial charge on any atom is 0.309 e. The molecule has 168 valence electrons. The number of hydrogen-bond donors (Lipinski definition) is 2. The summed E-state index contributed by atoms with van der Waals surface area (Å²) in [6, 6.07) is 0. The Kier molecular flexibility index (Phi) is 4.34. The average Bonchev–Trinajstić information content (AvgIpc) is 2.58. The first-order chi connectivity index (χ1) is 13.9. The normalized spacial score (nSPS) is 54.6. The zero-order valence-electron chi connectivity index (χ0n) is 19.1. The van der Waals surface area contributed by atoms with Crippen molar-refractivity contribution in [3.63, 3.8) is 0 Å². The zero-order chi connectivity index (χ0) is 21.6. The summed E-state index contributed by atoms with van der Waals surface area (Å²) in [5, 5.41) is 19.0. The Morgan fingerprint density at radius 1 is 0.700 bits per heavy atom. The van der Waals surface area contributed by atoms with E-state index in [1.807, 2.05) is 0 Å². The molecule has 0 spiro atoms. The van der Waals surface area contributed by atoms with Crippen LogP contribution < -0.4 is 0 Å². The van der Waals surface area contributed by atoms with Gasteiger partial charge in [-0.2, -0.15) is 0 Å². The average molecular weight is 417 g/mol. The molecule has 0 heterocycles. The standard InChI is InChI=1S/2C13H20O2/c1-11-3-9-4-12(2,6-11)8-13(5-9,7-11)10(14)15;1-2-12-4-9-3-10(5-12)7-13(6-9,8-12)11(14)15/h9H,3-8H2,1-2H3,(H,14,15);9-10H,2-8H2,1H3,(H,14,15). The number of rotatable bonds is 3. The Bertz CT molecular complexity index is 737. The van der Waals surface area contributed by atoms with Gasteiger partial charge in [-0.25, -0.2) is 0 Å². The van der Waals surface area contributed by atoms with Crippen LogP contribution >= 0.6 is 0 Å². The number of carboxylic acids is 2. The molecular formula is C26H40O4. The van der Waals surface area contributed by atoms with Crippen molar-refractivity contribution in [3.8, 4) is 0 Å². The Balaban J connectivity index is 0.000000128. The molecule has 0 aromatic heterocycles. The Hall–Kier alpha value is -1.06. The summed E-state index contributed by atoms with van der Waals surface area (Å²) in [5.41, 5.74) is 0.380. The third-order valence-corrected chi connectivity index (χ3v) is 10.5. The largest absolute Gasteiger partial charge is 0.481 e. The molecule has 8 saturated carbocycles. The van der Waals surface area contributed by atoms with E-state index in [0.29, 0.717) is 22.2 Å². The fourth-order valence-corrected chi connectivity index (χ4v) is 10.8. The van der Waals surface area contributed by atoms with E-state index >= 15 is 0 Å². The van der Waals surface area contributed by atoms with Crippen molar-refractivity contribution in [1.82, 2.24) is 0 Å². The lowest BCUT2D eigenvalue weighted by Crippen LogP contribution is -2.57. The molecule has 8 rings (SSSR count). The second kappa shape index (κ2) is 6.25. The lowest BCUT2D eigenvalue weighted by molar-refractivity contribution is -0.185. The van der Waals surface area contributed by atoms with E-state index in [4.69, 9.17) is 0 Å². The summed E-state index contributed by atoms with van der Waals surface area (Å²) in [6.07, 6.45) is 14.7. The molecule has 30 heavy (non-hydrogen) atoms. The number of carboxylic acid groups (broad SMARTS) is 2. The van der Waals surface area contributed by atoms with Gasteiger partial charge in [-0.1, -0.05) is 27.2 Å². The molecule has 8 fully saturated rings. The molecule has 4 atom stereocenters. The number of hydrogen-bond acceptors (Lipinski definition) is 2. The van der Waals surface area contributed by atoms with Crippen molar-refractivity contribution in [2.45, 2.75) is 104 Å². The van der Waals surface area contributed by atoms with Crippen LogP contribution in [0.2, 0.25) is 0 Å². The minimum absolute atomic E-state index is 0.319. The van der Waals surface area contributed by atoms with E-state index < -0.39 is 11.9 Å². The van der Waals surface area contributed by atoms with E-state index in [2.05, 4.69) is 20.8 Å². The monoisotopic (exact) mass is 416 g/mol. The molecule has 8 aliphatic rings. The molecule has 0 aliphatic heterocycles. The van der Waals surface area contributed by atoms with Crippen LogP contribution in [0.4, 0.5) is 0 Å². The number of aliphatic carboxylic acids is 2. The highest BCUT2D eigenvalue weighted by molar-refractivity contribution is 5.76. The Morgan fingerprint density at radius 2 is 1.20 bits per heavy atom. The maximum absolute atomic E-state index is 11.5. The number of carbonyl (C=O) groups is 2. The third kappa shape index (κ3) is 3.06. The van der Waals surface area contributed by atoms with Gasteiger partial charge < -0.3 is 10.2 Å². The molecule has 0 aromatic rings. The molecule has 8 bridgehead atoms. The maximum atomic E-state index is 11.5. The van der Waals surface area contributed by atoms with E-state index in [-0.39, 0.29) is 10.8 Å². The van der Waals surface area contributed by atoms with Gasteiger partial charge in [-0.3, -0.25) is 9.59 Å². The van der Waals surface area contributed by atoms with Gasteiger partial charge in [0.15, 0.2) is 0 Å². The molecule has 0 amide bonds. The first-order valence-corrected chi connectivity index (χ1v) is 12.4. The van der Waals surface area contributed by atoms with Gasteiger partial charge in [0.2, 0.25) is 0 Å². The van der Waals surface area contributed by atoms with E-state index in [1.165, 1.54) is 44.9 Å². The molecule has 8 aliphatic carbocycles. The molecule has 0 radical (unpaired) electrons. The fraction of sp³-hybridized carbons (Fsp3) is 0.923. The third-order valence-electron chi connectivity index (χ3n) is 10.5. The van der Waals surface area contributed by atoms with Crippen molar-refractivity contribution >= 4 is 11.9 Å². The Labute approximate surface area is 181 Å². The quantitative estimate of drug-likeness (QED) is 0.580. The van der Waals surface area contributed by atoms with Crippen LogP contribution in [-0.2, 0) is 9.59 Å². The molecule has 0 saturated heterocycles. The summed E-state index contributed by atoms with van der Waals surface area (Å²) in [5.74, 6) is 1.11. The van der Waals surface area contributed by atoms with Gasteiger partial charge in [-0.05, 0) is 111 Å². The first kappa shape index (κ1) is 20.8. The van der Waals surface area contributed by atoms with Crippen LogP contribution in [0.15, 0.2) is 0 Å². The summed E-state index contributed by atoms with van der Waals surface area (Å²) in [4.78, 5) is 23.0. The predicted molar refractivity (Wildman–Crippen MR) is 115 cm³/mol. The predicted octanol–water partition coefficient (Wildman–Crippen LogP) is 6.14. The smallest absolute Gasteiger partial charge is 0.309 e. The summed E-state index contributed by atoms with van der Waals surface area (Å²) in [6.45, 7) is 6.88. The first-order valence-electron chi connectivity index (χ1n) is 12.4.